The lowest BCUT2D eigenvalue weighted by atomic mass is 9.75. The Balaban J connectivity index is 2.11. The van der Waals surface area contributed by atoms with Gasteiger partial charge in [0.25, 0.3) is 0 Å². The van der Waals surface area contributed by atoms with Crippen molar-refractivity contribution in [2.24, 2.45) is 22.2 Å². The van der Waals surface area contributed by atoms with Gasteiger partial charge in [0.05, 0.1) is 5.69 Å². The van der Waals surface area contributed by atoms with Gasteiger partial charge in [0.15, 0.2) is 5.84 Å². The maximum absolute atomic E-state index is 8.74. The van der Waals surface area contributed by atoms with Crippen LogP contribution >= 0.6 is 15.9 Å². The van der Waals surface area contributed by atoms with E-state index >= 15 is 0 Å². The number of benzene rings is 1. The number of anilines is 1. The molecular formula is C16H24BrN3O. The molecule has 1 aliphatic heterocycles. The molecule has 4 nitrogen and oxygen atoms in total. The molecule has 0 saturated carbocycles. The molecule has 5 heteroatoms. The molecular weight excluding hydrogens is 330 g/mol. The molecule has 0 spiro atoms. The van der Waals surface area contributed by atoms with Crippen molar-refractivity contribution in [3.8, 4) is 0 Å². The fourth-order valence-electron chi connectivity index (χ4n) is 2.97. The van der Waals surface area contributed by atoms with Crippen LogP contribution in [0.1, 0.15) is 39.2 Å². The van der Waals surface area contributed by atoms with Crippen LogP contribution in [0.5, 0.6) is 0 Å². The minimum Gasteiger partial charge on any atom is -0.409 e. The van der Waals surface area contributed by atoms with Crippen LogP contribution < -0.4 is 10.6 Å². The first-order chi connectivity index (χ1) is 9.82. The first kappa shape index (κ1) is 16.1. The lowest BCUT2D eigenvalue weighted by Crippen LogP contribution is -2.38. The number of nitrogens with two attached hydrogens (primary N) is 1. The molecule has 3 N–H and O–H groups in total. The predicted octanol–water partition coefficient (Wildman–Crippen LogP) is 3.81. The van der Waals surface area contributed by atoms with Crippen LogP contribution in [0.4, 0.5) is 5.69 Å². The molecule has 1 aliphatic rings. The fraction of sp³-hybridized carbons (Fsp3) is 0.562. The zero-order chi connectivity index (χ0) is 15.6. The molecule has 0 aliphatic carbocycles. The van der Waals surface area contributed by atoms with E-state index in [4.69, 9.17) is 10.9 Å². The first-order valence-corrected chi connectivity index (χ1v) is 8.14. The first-order valence-electron chi connectivity index (χ1n) is 7.35. The molecule has 0 amide bonds. The van der Waals surface area contributed by atoms with Crippen molar-refractivity contribution in [2.45, 2.75) is 33.6 Å². The van der Waals surface area contributed by atoms with E-state index in [9.17, 15) is 0 Å². The Kier molecular flexibility index (Phi) is 4.81. The Morgan fingerprint density at radius 3 is 2.43 bits per heavy atom. The number of hydrogen-bond donors (Lipinski definition) is 2. The molecule has 1 aromatic rings. The van der Waals surface area contributed by atoms with Crippen molar-refractivity contribution in [3.05, 3.63) is 28.2 Å². The molecule has 0 aromatic heterocycles. The zero-order valence-electron chi connectivity index (χ0n) is 12.9. The number of piperidine rings is 1. The number of halogens is 1. The second kappa shape index (κ2) is 6.26. The maximum atomic E-state index is 8.74. The molecule has 21 heavy (non-hydrogen) atoms. The summed E-state index contributed by atoms with van der Waals surface area (Å²) < 4.78 is 0.987. The van der Waals surface area contributed by atoms with Crippen molar-refractivity contribution in [3.63, 3.8) is 0 Å². The van der Waals surface area contributed by atoms with Gasteiger partial charge < -0.3 is 15.8 Å². The van der Waals surface area contributed by atoms with Crippen molar-refractivity contribution in [2.75, 3.05) is 18.0 Å². The second-order valence-corrected chi connectivity index (χ2v) is 7.63. The van der Waals surface area contributed by atoms with Gasteiger partial charge in [-0.2, -0.15) is 0 Å². The summed E-state index contributed by atoms with van der Waals surface area (Å²) in [4.78, 5) is 2.41. The molecule has 1 fully saturated rings. The Morgan fingerprint density at radius 2 is 1.95 bits per heavy atom. The van der Waals surface area contributed by atoms with Gasteiger partial charge in [-0.3, -0.25) is 0 Å². The van der Waals surface area contributed by atoms with Crippen LogP contribution in [0, 0.1) is 11.3 Å². The van der Waals surface area contributed by atoms with Gasteiger partial charge in [0.2, 0.25) is 0 Å². The monoisotopic (exact) mass is 353 g/mol. The van der Waals surface area contributed by atoms with Crippen LogP contribution in [0.25, 0.3) is 0 Å². The van der Waals surface area contributed by atoms with Crippen molar-refractivity contribution < 1.29 is 5.21 Å². The number of rotatable bonds is 2. The Morgan fingerprint density at radius 1 is 1.33 bits per heavy atom. The highest BCUT2D eigenvalue weighted by molar-refractivity contribution is 9.10. The van der Waals surface area contributed by atoms with E-state index in [1.807, 2.05) is 18.2 Å². The number of hydrogen-bond acceptors (Lipinski definition) is 3. The van der Waals surface area contributed by atoms with Crippen molar-refractivity contribution >= 4 is 27.5 Å². The largest absolute Gasteiger partial charge is 0.409 e. The molecule has 0 radical (unpaired) electrons. The second-order valence-electron chi connectivity index (χ2n) is 6.78. The van der Waals surface area contributed by atoms with E-state index in [0.29, 0.717) is 5.41 Å². The minimum atomic E-state index is 0.133. The van der Waals surface area contributed by atoms with E-state index < -0.39 is 0 Å². The van der Waals surface area contributed by atoms with Gasteiger partial charge in [-0.25, -0.2) is 0 Å². The van der Waals surface area contributed by atoms with E-state index in [0.717, 1.165) is 29.0 Å². The highest BCUT2D eigenvalue weighted by Crippen LogP contribution is 2.37. The average molecular weight is 354 g/mol. The molecule has 1 aromatic carbocycles. The quantitative estimate of drug-likeness (QED) is 0.367. The highest BCUT2D eigenvalue weighted by Gasteiger charge is 2.29. The van der Waals surface area contributed by atoms with E-state index in [1.165, 1.54) is 18.5 Å². The van der Waals surface area contributed by atoms with Crippen molar-refractivity contribution in [1.82, 2.24) is 0 Å². The Labute approximate surface area is 135 Å². The molecule has 2 rings (SSSR count). The Bertz CT molecular complexity index is 529. The summed E-state index contributed by atoms with van der Waals surface area (Å²) in [6.07, 6.45) is 2.44. The van der Waals surface area contributed by atoms with Gasteiger partial charge in [-0.05, 0) is 58.3 Å². The smallest absolute Gasteiger partial charge is 0.170 e. The summed E-state index contributed by atoms with van der Waals surface area (Å²) in [6.45, 7) is 9.13. The van der Waals surface area contributed by atoms with Gasteiger partial charge in [0.1, 0.15) is 0 Å². The minimum absolute atomic E-state index is 0.133. The summed E-state index contributed by atoms with van der Waals surface area (Å²) in [6, 6.07) is 5.83. The molecule has 1 heterocycles. The van der Waals surface area contributed by atoms with Gasteiger partial charge in [-0.1, -0.05) is 25.9 Å². The third-order valence-electron chi connectivity index (χ3n) is 4.41. The zero-order valence-corrected chi connectivity index (χ0v) is 14.5. The number of amidine groups is 1. The average Bonchev–Trinajstić information content (AvgIpc) is 2.45. The van der Waals surface area contributed by atoms with E-state index in [-0.39, 0.29) is 5.84 Å². The lowest BCUT2D eigenvalue weighted by Gasteiger charge is -2.40. The summed E-state index contributed by atoms with van der Waals surface area (Å²) in [5, 5.41) is 11.8. The van der Waals surface area contributed by atoms with Gasteiger partial charge >= 0.3 is 0 Å². The van der Waals surface area contributed by atoms with Crippen LogP contribution in [0.15, 0.2) is 27.8 Å². The third kappa shape index (κ3) is 3.70. The number of nitrogens with zero attached hydrogens (tertiary/aromatic N) is 2. The standard InChI is InChI=1S/C16H24BrN3O/c1-16(2,3)12-6-8-20(9-7-12)14-5-4-11(10-13(14)17)15(18)19-21/h4-5,10,12,21H,6-9H2,1-3H3,(H2,18,19). The molecule has 116 valence electrons. The maximum Gasteiger partial charge on any atom is 0.170 e. The SMILES string of the molecule is CC(C)(C)C1CCN(c2ccc(/C(N)=N/O)cc2Br)CC1. The van der Waals surface area contributed by atoms with Gasteiger partial charge in [0, 0.05) is 23.1 Å². The van der Waals surface area contributed by atoms with Crippen LogP contribution in [0.2, 0.25) is 0 Å². The predicted molar refractivity (Wildman–Crippen MR) is 91.0 cm³/mol. The fourth-order valence-corrected chi connectivity index (χ4v) is 3.60. The van der Waals surface area contributed by atoms with Gasteiger partial charge in [-0.15, -0.1) is 0 Å². The van der Waals surface area contributed by atoms with Crippen LogP contribution in [0.3, 0.4) is 0 Å². The van der Waals surface area contributed by atoms with E-state index in [2.05, 4.69) is 46.8 Å². The van der Waals surface area contributed by atoms with Crippen LogP contribution in [-0.4, -0.2) is 24.1 Å². The molecule has 1 saturated heterocycles. The lowest BCUT2D eigenvalue weighted by molar-refractivity contribution is 0.199. The topological polar surface area (TPSA) is 61.8 Å². The molecule has 0 bridgehead atoms. The third-order valence-corrected chi connectivity index (χ3v) is 5.05. The number of oxime groups is 1. The van der Waals surface area contributed by atoms with Crippen molar-refractivity contribution in [1.29, 1.82) is 0 Å². The summed E-state index contributed by atoms with van der Waals surface area (Å²) in [7, 11) is 0. The highest BCUT2D eigenvalue weighted by atomic mass is 79.9. The molecule has 0 unspecified atom stereocenters. The molecule has 0 atom stereocenters. The summed E-state index contributed by atoms with van der Waals surface area (Å²) in [5.74, 6) is 0.914. The summed E-state index contributed by atoms with van der Waals surface area (Å²) >= 11 is 3.60. The summed E-state index contributed by atoms with van der Waals surface area (Å²) in [5.41, 5.74) is 7.91. The normalized spacial score (nSPS) is 18.1. The van der Waals surface area contributed by atoms with E-state index in [1.54, 1.807) is 0 Å². The Hall–Kier alpha value is -1.23. The van der Waals surface area contributed by atoms with Crippen LogP contribution in [-0.2, 0) is 0 Å².